The van der Waals surface area contributed by atoms with Crippen molar-refractivity contribution in [3.8, 4) is 0 Å². The van der Waals surface area contributed by atoms with Gasteiger partial charge in [-0.1, -0.05) is 6.92 Å². The van der Waals surface area contributed by atoms with Gasteiger partial charge in [-0.2, -0.15) is 0 Å². The van der Waals surface area contributed by atoms with Crippen molar-refractivity contribution in [2.24, 2.45) is 0 Å². The number of hydrogen-bond acceptors (Lipinski definition) is 3. The summed E-state index contributed by atoms with van der Waals surface area (Å²) in [5.74, 6) is 0. The van der Waals surface area contributed by atoms with E-state index >= 15 is 0 Å². The van der Waals surface area contributed by atoms with E-state index in [4.69, 9.17) is 9.47 Å². The molecule has 0 unspecified atom stereocenters. The number of rotatable bonds is 8. The van der Waals surface area contributed by atoms with E-state index < -0.39 is 0 Å². The van der Waals surface area contributed by atoms with Crippen molar-refractivity contribution in [3.63, 3.8) is 0 Å². The molecule has 0 aromatic carbocycles. The molecule has 0 heterocycles. The van der Waals surface area contributed by atoms with Gasteiger partial charge in [0.25, 0.3) is 0 Å². The number of nitrogens with one attached hydrogen (secondary N) is 1. The first-order valence-corrected chi connectivity index (χ1v) is 4.19. The van der Waals surface area contributed by atoms with Crippen LogP contribution in [0.3, 0.4) is 0 Å². The third kappa shape index (κ3) is 9.88. The summed E-state index contributed by atoms with van der Waals surface area (Å²) in [5, 5.41) is 3.18. The van der Waals surface area contributed by atoms with Crippen LogP contribution in [0, 0.1) is 0 Å². The van der Waals surface area contributed by atoms with Crippen LogP contribution in [0.2, 0.25) is 0 Å². The van der Waals surface area contributed by atoms with E-state index in [9.17, 15) is 0 Å². The molecule has 0 bridgehead atoms. The van der Waals surface area contributed by atoms with Gasteiger partial charge in [0.15, 0.2) is 0 Å². The quantitative estimate of drug-likeness (QED) is 0.530. The molecule has 3 heteroatoms. The lowest BCUT2D eigenvalue weighted by molar-refractivity contribution is 0.104. The molecule has 11 heavy (non-hydrogen) atoms. The molecule has 3 nitrogen and oxygen atoms in total. The lowest BCUT2D eigenvalue weighted by atomic mass is 10.5. The summed E-state index contributed by atoms with van der Waals surface area (Å²) in [7, 11) is 1.71. The first kappa shape index (κ1) is 10.9. The highest BCUT2D eigenvalue weighted by Gasteiger charge is 1.87. The van der Waals surface area contributed by atoms with E-state index in [-0.39, 0.29) is 0 Å². The zero-order valence-corrected chi connectivity index (χ0v) is 7.56. The molecule has 0 saturated carbocycles. The van der Waals surface area contributed by atoms with Crippen LogP contribution in [0.1, 0.15) is 13.3 Å². The summed E-state index contributed by atoms with van der Waals surface area (Å²) < 4.78 is 10.2. The monoisotopic (exact) mass is 161 g/mol. The number of ether oxygens (including phenoxy) is 2. The maximum atomic E-state index is 5.30. The Labute approximate surface area is 69.1 Å². The summed E-state index contributed by atoms with van der Waals surface area (Å²) in [4.78, 5) is 0. The normalized spacial score (nSPS) is 10.4. The van der Waals surface area contributed by atoms with Crippen LogP contribution < -0.4 is 5.32 Å². The minimum Gasteiger partial charge on any atom is -0.385 e. The van der Waals surface area contributed by atoms with Crippen LogP contribution in [0.25, 0.3) is 0 Å². The molecule has 0 atom stereocenters. The highest BCUT2D eigenvalue weighted by atomic mass is 16.5. The number of methoxy groups -OCH3 is 1. The molecule has 0 fully saturated rings. The molecule has 0 aromatic heterocycles. The Morgan fingerprint density at radius 2 is 2.00 bits per heavy atom. The molecule has 0 aliphatic rings. The second-order valence-corrected chi connectivity index (χ2v) is 2.31. The van der Waals surface area contributed by atoms with Gasteiger partial charge >= 0.3 is 0 Å². The Kier molecular flexibility index (Phi) is 9.77. The van der Waals surface area contributed by atoms with Gasteiger partial charge in [0.05, 0.1) is 6.61 Å². The van der Waals surface area contributed by atoms with Gasteiger partial charge in [0, 0.05) is 26.9 Å². The summed E-state index contributed by atoms with van der Waals surface area (Å²) in [6.07, 6.45) is 0.989. The fourth-order valence-corrected chi connectivity index (χ4v) is 0.729. The van der Waals surface area contributed by atoms with Crippen LogP contribution in [0.4, 0.5) is 0 Å². The third-order valence-corrected chi connectivity index (χ3v) is 1.31. The highest BCUT2D eigenvalue weighted by molar-refractivity contribution is 4.40. The lowest BCUT2D eigenvalue weighted by Gasteiger charge is -2.03. The van der Waals surface area contributed by atoms with Crippen LogP contribution in [0.15, 0.2) is 0 Å². The van der Waals surface area contributed by atoms with Crippen molar-refractivity contribution in [3.05, 3.63) is 0 Å². The molecule has 1 N–H and O–H groups in total. The van der Waals surface area contributed by atoms with E-state index in [1.54, 1.807) is 7.11 Å². The second kappa shape index (κ2) is 9.88. The first-order valence-electron chi connectivity index (χ1n) is 4.19. The smallest absolute Gasteiger partial charge is 0.0590 e. The molecule has 0 radical (unpaired) electrons. The predicted molar refractivity (Wildman–Crippen MR) is 45.9 cm³/mol. The molecule has 0 aromatic rings. The van der Waals surface area contributed by atoms with Crippen molar-refractivity contribution in [1.82, 2.24) is 5.32 Å². The third-order valence-electron chi connectivity index (χ3n) is 1.31. The summed E-state index contributed by atoms with van der Waals surface area (Å²) >= 11 is 0. The minimum atomic E-state index is 0.793. The van der Waals surface area contributed by atoms with Crippen molar-refractivity contribution >= 4 is 0 Å². The average Bonchev–Trinajstić information content (AvgIpc) is 2.03. The fourth-order valence-electron chi connectivity index (χ4n) is 0.729. The highest BCUT2D eigenvalue weighted by Crippen LogP contribution is 1.81. The molecular weight excluding hydrogens is 142 g/mol. The Balaban J connectivity index is 2.69. The summed E-state index contributed by atoms with van der Waals surface area (Å²) in [6, 6.07) is 0. The standard InChI is InChI=1S/C8H19NO2/c1-3-9-5-8-11-7-4-6-10-2/h9H,3-8H2,1-2H3. The van der Waals surface area contributed by atoms with Crippen molar-refractivity contribution in [2.45, 2.75) is 13.3 Å². The van der Waals surface area contributed by atoms with Gasteiger partial charge in [-0.25, -0.2) is 0 Å². The molecule has 0 amide bonds. The second-order valence-electron chi connectivity index (χ2n) is 2.31. The maximum Gasteiger partial charge on any atom is 0.0590 e. The molecule has 0 aliphatic carbocycles. The molecule has 0 saturated heterocycles. The molecule has 68 valence electrons. The average molecular weight is 161 g/mol. The van der Waals surface area contributed by atoms with Gasteiger partial charge in [0.2, 0.25) is 0 Å². The van der Waals surface area contributed by atoms with Crippen molar-refractivity contribution in [2.75, 3.05) is 40.0 Å². The van der Waals surface area contributed by atoms with Gasteiger partial charge < -0.3 is 14.8 Å². The Morgan fingerprint density at radius 3 is 2.64 bits per heavy atom. The van der Waals surface area contributed by atoms with Crippen molar-refractivity contribution in [1.29, 1.82) is 0 Å². The minimum absolute atomic E-state index is 0.793. The Hall–Kier alpha value is -0.120. The zero-order chi connectivity index (χ0) is 8.36. The lowest BCUT2D eigenvalue weighted by Crippen LogP contribution is -2.19. The van der Waals surface area contributed by atoms with Gasteiger partial charge in [-0.15, -0.1) is 0 Å². The predicted octanol–water partition coefficient (Wildman–Crippen LogP) is 0.649. The number of likely N-dealkylation sites (N-methyl/N-ethyl adjacent to an activating group) is 1. The van der Waals surface area contributed by atoms with Gasteiger partial charge in [-0.05, 0) is 13.0 Å². The summed E-state index contributed by atoms with van der Waals surface area (Å²) in [5.41, 5.74) is 0. The molecule has 0 rings (SSSR count). The largest absolute Gasteiger partial charge is 0.385 e. The Morgan fingerprint density at radius 1 is 1.18 bits per heavy atom. The molecule has 0 aliphatic heterocycles. The van der Waals surface area contributed by atoms with Gasteiger partial charge in [0.1, 0.15) is 0 Å². The maximum absolute atomic E-state index is 5.30. The van der Waals surface area contributed by atoms with Crippen LogP contribution in [-0.2, 0) is 9.47 Å². The molecular formula is C8H19NO2. The van der Waals surface area contributed by atoms with E-state index in [0.717, 1.165) is 39.3 Å². The number of hydrogen-bond donors (Lipinski definition) is 1. The SMILES string of the molecule is CCNCCOCCCOC. The van der Waals surface area contributed by atoms with Crippen molar-refractivity contribution < 1.29 is 9.47 Å². The van der Waals surface area contributed by atoms with Crippen LogP contribution >= 0.6 is 0 Å². The molecule has 0 spiro atoms. The fraction of sp³-hybridized carbons (Fsp3) is 1.00. The van der Waals surface area contributed by atoms with Crippen LogP contribution in [0.5, 0.6) is 0 Å². The van der Waals surface area contributed by atoms with Gasteiger partial charge in [-0.3, -0.25) is 0 Å². The zero-order valence-electron chi connectivity index (χ0n) is 7.56. The van der Waals surface area contributed by atoms with Crippen LogP contribution in [-0.4, -0.2) is 40.0 Å². The Bertz CT molecular complexity index is 61.1. The van der Waals surface area contributed by atoms with E-state index in [2.05, 4.69) is 12.2 Å². The topological polar surface area (TPSA) is 30.5 Å². The summed E-state index contributed by atoms with van der Waals surface area (Å²) in [6.45, 7) is 6.45. The van der Waals surface area contributed by atoms with E-state index in [0.29, 0.717) is 0 Å². The van der Waals surface area contributed by atoms with E-state index in [1.807, 2.05) is 0 Å². The first-order chi connectivity index (χ1) is 5.41. The van der Waals surface area contributed by atoms with E-state index in [1.165, 1.54) is 0 Å².